The van der Waals surface area contributed by atoms with Crippen LogP contribution >= 0.6 is 0 Å². The van der Waals surface area contributed by atoms with Crippen molar-refractivity contribution in [2.45, 2.75) is 6.92 Å². The number of hydrogen-bond donors (Lipinski definition) is 0. The maximum absolute atomic E-state index is 4.01. The average Bonchev–Trinajstić information content (AvgIpc) is 2.29. The van der Waals surface area contributed by atoms with Crippen LogP contribution in [0.1, 0.15) is 6.92 Å². The monoisotopic (exact) mass is 199 g/mol. The summed E-state index contributed by atoms with van der Waals surface area (Å²) in [5, 5.41) is 0. The molecule has 0 saturated carbocycles. The number of anilines is 1. The van der Waals surface area contributed by atoms with Gasteiger partial charge in [0.05, 0.1) is 0 Å². The lowest BCUT2D eigenvalue weighted by Crippen LogP contribution is -2.13. The van der Waals surface area contributed by atoms with Gasteiger partial charge in [-0.1, -0.05) is 43.0 Å². The second-order valence-corrected chi connectivity index (χ2v) is 3.27. The van der Waals surface area contributed by atoms with Crippen LogP contribution in [0.3, 0.4) is 0 Å². The predicted molar refractivity (Wildman–Crippen MR) is 67.9 cm³/mol. The molecule has 0 amide bonds. The van der Waals surface area contributed by atoms with Gasteiger partial charge in [-0.05, 0) is 25.1 Å². The van der Waals surface area contributed by atoms with E-state index in [1.807, 2.05) is 56.5 Å². The van der Waals surface area contributed by atoms with E-state index in [0.717, 1.165) is 11.4 Å². The third-order valence-electron chi connectivity index (χ3n) is 2.17. The van der Waals surface area contributed by atoms with Gasteiger partial charge in [-0.2, -0.15) is 0 Å². The highest BCUT2D eigenvalue weighted by Gasteiger charge is 1.99. The molecule has 0 unspecified atom stereocenters. The zero-order chi connectivity index (χ0) is 11.1. The van der Waals surface area contributed by atoms with Crippen molar-refractivity contribution in [3.63, 3.8) is 0 Å². The van der Waals surface area contributed by atoms with Gasteiger partial charge in [0.2, 0.25) is 0 Å². The second kappa shape index (κ2) is 5.86. The summed E-state index contributed by atoms with van der Waals surface area (Å²) in [6.07, 6.45) is 7.96. The molecule has 1 aromatic carbocycles. The Hall–Kier alpha value is -1.76. The van der Waals surface area contributed by atoms with E-state index in [1.54, 1.807) is 0 Å². The van der Waals surface area contributed by atoms with Gasteiger partial charge in [-0.25, -0.2) is 0 Å². The van der Waals surface area contributed by atoms with E-state index >= 15 is 0 Å². The van der Waals surface area contributed by atoms with E-state index in [1.165, 1.54) is 0 Å². The third kappa shape index (κ3) is 3.47. The Bertz CT molecular complexity index is 360. The Kier molecular flexibility index (Phi) is 4.42. The summed E-state index contributed by atoms with van der Waals surface area (Å²) in [4.78, 5) is 2.06. The number of para-hydroxylation sites is 1. The first-order valence-electron chi connectivity index (χ1n) is 5.02. The van der Waals surface area contributed by atoms with Crippen molar-refractivity contribution in [3.05, 3.63) is 66.9 Å². The molecule has 0 bridgehead atoms. The fourth-order valence-corrected chi connectivity index (χ4v) is 1.21. The highest BCUT2D eigenvalue weighted by Crippen LogP contribution is 2.15. The Balaban J connectivity index is 2.69. The molecule has 0 spiro atoms. The first-order valence-corrected chi connectivity index (χ1v) is 5.02. The number of hydrogen-bond acceptors (Lipinski definition) is 1. The number of allylic oxidation sites excluding steroid dienone is 4. The van der Waals surface area contributed by atoms with Gasteiger partial charge in [0.1, 0.15) is 0 Å². The molecule has 78 valence electrons. The quantitative estimate of drug-likeness (QED) is 0.667. The average molecular weight is 199 g/mol. The van der Waals surface area contributed by atoms with Gasteiger partial charge < -0.3 is 4.90 Å². The Morgan fingerprint density at radius 2 is 1.87 bits per heavy atom. The van der Waals surface area contributed by atoms with E-state index in [2.05, 4.69) is 23.6 Å². The standard InChI is InChI=1S/C14H17N/c1-4-5-7-10-13(2)15(3)14-11-8-6-9-12-14/h4-12H,2H2,1,3H3/b5-4-,10-7-. The molecule has 1 rings (SSSR count). The van der Waals surface area contributed by atoms with Gasteiger partial charge in [0, 0.05) is 18.4 Å². The third-order valence-corrected chi connectivity index (χ3v) is 2.17. The van der Waals surface area contributed by atoms with E-state index in [0.29, 0.717) is 0 Å². The molecule has 0 aromatic heterocycles. The van der Waals surface area contributed by atoms with Crippen molar-refractivity contribution < 1.29 is 0 Å². The molecule has 0 aliphatic heterocycles. The fraction of sp³-hybridized carbons (Fsp3) is 0.143. The topological polar surface area (TPSA) is 3.24 Å². The minimum atomic E-state index is 0.972. The van der Waals surface area contributed by atoms with Gasteiger partial charge in [-0.15, -0.1) is 0 Å². The molecule has 0 N–H and O–H groups in total. The largest absolute Gasteiger partial charge is 0.345 e. The zero-order valence-corrected chi connectivity index (χ0v) is 9.35. The van der Waals surface area contributed by atoms with E-state index in [4.69, 9.17) is 0 Å². The van der Waals surface area contributed by atoms with Crippen molar-refractivity contribution in [2.75, 3.05) is 11.9 Å². The van der Waals surface area contributed by atoms with Gasteiger partial charge >= 0.3 is 0 Å². The molecule has 0 fully saturated rings. The summed E-state index contributed by atoms with van der Waals surface area (Å²) in [5.41, 5.74) is 2.12. The zero-order valence-electron chi connectivity index (χ0n) is 9.35. The van der Waals surface area contributed by atoms with Crippen LogP contribution in [0, 0.1) is 0 Å². The van der Waals surface area contributed by atoms with Crippen molar-refractivity contribution in [1.29, 1.82) is 0 Å². The van der Waals surface area contributed by atoms with Crippen molar-refractivity contribution in [3.8, 4) is 0 Å². The predicted octanol–water partition coefficient (Wildman–Crippen LogP) is 3.77. The van der Waals surface area contributed by atoms with Crippen LogP contribution in [-0.4, -0.2) is 7.05 Å². The van der Waals surface area contributed by atoms with Crippen molar-refractivity contribution in [1.82, 2.24) is 0 Å². The SMILES string of the molecule is C=C(/C=C\C=C/C)N(C)c1ccccc1. The van der Waals surface area contributed by atoms with Crippen LogP contribution in [0.4, 0.5) is 5.69 Å². The Morgan fingerprint density at radius 3 is 2.47 bits per heavy atom. The second-order valence-electron chi connectivity index (χ2n) is 3.27. The van der Waals surface area contributed by atoms with Crippen LogP contribution in [0.2, 0.25) is 0 Å². The minimum absolute atomic E-state index is 0.972. The highest BCUT2D eigenvalue weighted by molar-refractivity contribution is 5.52. The highest BCUT2D eigenvalue weighted by atomic mass is 15.1. The normalized spacial score (nSPS) is 11.1. The van der Waals surface area contributed by atoms with Crippen LogP contribution in [0.15, 0.2) is 66.9 Å². The molecule has 1 heteroatoms. The lowest BCUT2D eigenvalue weighted by atomic mass is 10.2. The molecule has 15 heavy (non-hydrogen) atoms. The van der Waals surface area contributed by atoms with Crippen LogP contribution < -0.4 is 4.90 Å². The van der Waals surface area contributed by atoms with E-state index < -0.39 is 0 Å². The lowest BCUT2D eigenvalue weighted by Gasteiger charge is -2.19. The summed E-state index contributed by atoms with van der Waals surface area (Å²) >= 11 is 0. The summed E-state index contributed by atoms with van der Waals surface area (Å²) in [6.45, 7) is 6.00. The molecule has 1 aromatic rings. The fourth-order valence-electron chi connectivity index (χ4n) is 1.21. The summed E-state index contributed by atoms with van der Waals surface area (Å²) < 4.78 is 0. The lowest BCUT2D eigenvalue weighted by molar-refractivity contribution is 1.15. The maximum atomic E-state index is 4.01. The Morgan fingerprint density at radius 1 is 1.20 bits per heavy atom. The first-order chi connectivity index (χ1) is 7.25. The summed E-state index contributed by atoms with van der Waals surface area (Å²) in [7, 11) is 2.01. The van der Waals surface area contributed by atoms with Crippen LogP contribution in [0.5, 0.6) is 0 Å². The smallest absolute Gasteiger partial charge is 0.0407 e. The molecule has 0 saturated heterocycles. The van der Waals surface area contributed by atoms with E-state index in [-0.39, 0.29) is 0 Å². The van der Waals surface area contributed by atoms with Gasteiger partial charge in [0.15, 0.2) is 0 Å². The molecule has 0 aliphatic carbocycles. The number of likely N-dealkylation sites (N-methyl/N-ethyl adjacent to an activating group) is 1. The number of benzene rings is 1. The minimum Gasteiger partial charge on any atom is -0.345 e. The molecule has 1 nitrogen and oxygen atoms in total. The summed E-state index contributed by atoms with van der Waals surface area (Å²) in [5.74, 6) is 0. The Labute approximate surface area is 92.0 Å². The van der Waals surface area contributed by atoms with Gasteiger partial charge in [-0.3, -0.25) is 0 Å². The molecule has 0 heterocycles. The van der Waals surface area contributed by atoms with E-state index in [9.17, 15) is 0 Å². The number of nitrogens with zero attached hydrogens (tertiary/aromatic N) is 1. The first kappa shape index (κ1) is 11.3. The number of rotatable bonds is 4. The van der Waals surface area contributed by atoms with Crippen LogP contribution in [-0.2, 0) is 0 Å². The molecular formula is C14H17N. The van der Waals surface area contributed by atoms with Crippen molar-refractivity contribution >= 4 is 5.69 Å². The maximum Gasteiger partial charge on any atom is 0.0407 e. The molecular weight excluding hydrogens is 182 g/mol. The summed E-state index contributed by atoms with van der Waals surface area (Å²) in [6, 6.07) is 10.2. The molecule has 0 atom stereocenters. The van der Waals surface area contributed by atoms with Gasteiger partial charge in [0.25, 0.3) is 0 Å². The van der Waals surface area contributed by atoms with Crippen molar-refractivity contribution in [2.24, 2.45) is 0 Å². The molecule has 0 radical (unpaired) electrons. The molecule has 0 aliphatic rings. The van der Waals surface area contributed by atoms with Crippen LogP contribution in [0.25, 0.3) is 0 Å².